The molecule has 2 amide bonds. The van der Waals surface area contributed by atoms with Crippen LogP contribution in [0.5, 0.6) is 5.75 Å². The summed E-state index contributed by atoms with van der Waals surface area (Å²) >= 11 is 3.37. The molecular formula is C20H29BrN2O6. The number of phenolic OH excluding ortho intramolecular Hbond substituents is 1. The van der Waals surface area contributed by atoms with Crippen LogP contribution < -0.4 is 10.6 Å². The Kier molecular flexibility index (Phi) is 8.08. The maximum absolute atomic E-state index is 12.3. The Hall–Kier alpha value is -2.29. The molecule has 1 aromatic rings. The molecule has 0 aliphatic carbocycles. The van der Waals surface area contributed by atoms with Gasteiger partial charge >= 0.3 is 12.1 Å². The van der Waals surface area contributed by atoms with Gasteiger partial charge in [0.15, 0.2) is 0 Å². The fraction of sp³-hybridized carbons (Fsp3) is 0.550. The van der Waals surface area contributed by atoms with E-state index in [2.05, 4.69) is 26.6 Å². The van der Waals surface area contributed by atoms with Crippen LogP contribution in [-0.4, -0.2) is 40.3 Å². The van der Waals surface area contributed by atoms with Crippen LogP contribution in [0.1, 0.15) is 65.1 Å². The van der Waals surface area contributed by atoms with Crippen molar-refractivity contribution in [2.24, 2.45) is 0 Å². The second kappa shape index (κ2) is 9.47. The Bertz CT molecular complexity index is 780. The SMILES string of the molecule is CC(C)(C)OC(=O)NCC(=O)NC(CC(=O)O)c1cc(Br)cc(C(C)(C)C)c1O. The number of amides is 2. The van der Waals surface area contributed by atoms with Crippen LogP contribution >= 0.6 is 15.9 Å². The van der Waals surface area contributed by atoms with Gasteiger partial charge in [0.1, 0.15) is 17.9 Å². The van der Waals surface area contributed by atoms with Gasteiger partial charge < -0.3 is 25.6 Å². The Morgan fingerprint density at radius 2 is 1.72 bits per heavy atom. The van der Waals surface area contributed by atoms with Crippen LogP contribution in [0, 0.1) is 0 Å². The van der Waals surface area contributed by atoms with E-state index in [1.807, 2.05) is 20.8 Å². The van der Waals surface area contributed by atoms with Crippen LogP contribution in [0.4, 0.5) is 4.79 Å². The maximum Gasteiger partial charge on any atom is 0.408 e. The minimum Gasteiger partial charge on any atom is -0.507 e. The Morgan fingerprint density at radius 1 is 1.14 bits per heavy atom. The standard InChI is InChI=1S/C20H29BrN2O6/c1-19(2,3)13-8-11(21)7-12(17(13)27)14(9-16(25)26)23-15(24)10-22-18(28)29-20(4,5)6/h7-8,14,27H,9-10H2,1-6H3,(H,22,28)(H,23,24)(H,25,26). The number of hydrogen-bond donors (Lipinski definition) is 4. The Labute approximate surface area is 179 Å². The fourth-order valence-electron chi connectivity index (χ4n) is 2.58. The first-order chi connectivity index (χ1) is 13.1. The molecule has 0 aliphatic heterocycles. The number of hydrogen-bond acceptors (Lipinski definition) is 5. The second-order valence-electron chi connectivity index (χ2n) is 8.71. The lowest BCUT2D eigenvalue weighted by Gasteiger charge is -2.26. The smallest absolute Gasteiger partial charge is 0.408 e. The van der Waals surface area contributed by atoms with Crippen molar-refractivity contribution in [3.8, 4) is 5.75 Å². The zero-order valence-corrected chi connectivity index (χ0v) is 19.1. The van der Waals surface area contributed by atoms with E-state index in [4.69, 9.17) is 4.74 Å². The number of nitrogens with one attached hydrogen (secondary N) is 2. The molecule has 0 aliphatic rings. The molecule has 0 spiro atoms. The molecular weight excluding hydrogens is 444 g/mol. The number of carbonyl (C=O) groups excluding carboxylic acids is 2. The lowest BCUT2D eigenvalue weighted by atomic mass is 9.84. The molecule has 1 aromatic carbocycles. The quantitative estimate of drug-likeness (QED) is 0.500. The molecule has 1 unspecified atom stereocenters. The van der Waals surface area contributed by atoms with Gasteiger partial charge in [-0.15, -0.1) is 0 Å². The zero-order chi connectivity index (χ0) is 22.6. The van der Waals surface area contributed by atoms with Crippen molar-refractivity contribution in [1.29, 1.82) is 0 Å². The summed E-state index contributed by atoms with van der Waals surface area (Å²) in [5.74, 6) is -1.83. The lowest BCUT2D eigenvalue weighted by molar-refractivity contribution is -0.137. The number of carbonyl (C=O) groups is 3. The van der Waals surface area contributed by atoms with E-state index in [1.54, 1.807) is 32.9 Å². The van der Waals surface area contributed by atoms with E-state index in [-0.39, 0.29) is 11.3 Å². The second-order valence-corrected chi connectivity index (χ2v) is 9.63. The van der Waals surface area contributed by atoms with E-state index in [9.17, 15) is 24.6 Å². The normalized spacial score (nSPS) is 12.8. The number of aromatic hydroxyl groups is 1. The molecule has 0 heterocycles. The monoisotopic (exact) mass is 472 g/mol. The zero-order valence-electron chi connectivity index (χ0n) is 17.6. The van der Waals surface area contributed by atoms with Crippen molar-refractivity contribution >= 4 is 33.9 Å². The number of halogens is 1. The molecule has 0 fully saturated rings. The van der Waals surface area contributed by atoms with Crippen LogP contribution in [0.25, 0.3) is 0 Å². The van der Waals surface area contributed by atoms with Crippen molar-refractivity contribution in [2.45, 2.75) is 65.0 Å². The molecule has 0 bridgehead atoms. The summed E-state index contributed by atoms with van der Waals surface area (Å²) in [7, 11) is 0. The first-order valence-electron chi connectivity index (χ1n) is 9.11. The summed E-state index contributed by atoms with van der Waals surface area (Å²) in [5.41, 5.74) is -0.230. The molecule has 29 heavy (non-hydrogen) atoms. The largest absolute Gasteiger partial charge is 0.507 e. The topological polar surface area (TPSA) is 125 Å². The number of aliphatic carboxylic acids is 1. The molecule has 9 heteroatoms. The van der Waals surface area contributed by atoms with Crippen LogP contribution in [0.15, 0.2) is 16.6 Å². The van der Waals surface area contributed by atoms with E-state index >= 15 is 0 Å². The number of carboxylic acid groups (broad SMARTS) is 1. The summed E-state index contributed by atoms with van der Waals surface area (Å²) < 4.78 is 5.71. The number of ether oxygens (including phenoxy) is 1. The highest BCUT2D eigenvalue weighted by Crippen LogP contribution is 2.39. The molecule has 0 radical (unpaired) electrons. The first-order valence-corrected chi connectivity index (χ1v) is 9.90. The average molecular weight is 473 g/mol. The highest BCUT2D eigenvalue weighted by molar-refractivity contribution is 9.10. The van der Waals surface area contributed by atoms with Crippen LogP contribution in [0.2, 0.25) is 0 Å². The minimum atomic E-state index is -1.15. The van der Waals surface area contributed by atoms with Gasteiger partial charge in [0.05, 0.1) is 12.5 Å². The van der Waals surface area contributed by atoms with Gasteiger partial charge in [-0.3, -0.25) is 9.59 Å². The molecule has 8 nitrogen and oxygen atoms in total. The molecule has 0 saturated heterocycles. The third kappa shape index (κ3) is 8.31. The van der Waals surface area contributed by atoms with E-state index in [0.29, 0.717) is 10.0 Å². The van der Waals surface area contributed by atoms with Crippen LogP contribution in [0.3, 0.4) is 0 Å². The number of phenols is 1. The summed E-state index contributed by atoms with van der Waals surface area (Å²) in [6.45, 7) is 10.4. The molecule has 162 valence electrons. The summed E-state index contributed by atoms with van der Waals surface area (Å²) in [6, 6.07) is 2.33. The Morgan fingerprint density at radius 3 is 2.21 bits per heavy atom. The predicted molar refractivity (Wildman–Crippen MR) is 112 cm³/mol. The highest BCUT2D eigenvalue weighted by atomic mass is 79.9. The van der Waals surface area contributed by atoms with Gasteiger partial charge in [-0.1, -0.05) is 36.7 Å². The first kappa shape index (κ1) is 24.7. The molecule has 1 rings (SSSR count). The third-order valence-corrected chi connectivity index (χ3v) is 4.25. The Balaban J connectivity index is 3.05. The number of rotatable bonds is 6. The van der Waals surface area contributed by atoms with Crippen molar-refractivity contribution < 1.29 is 29.3 Å². The maximum atomic E-state index is 12.3. The molecule has 1 atom stereocenters. The molecule has 0 saturated carbocycles. The summed E-state index contributed by atoms with van der Waals surface area (Å²) in [6.07, 6.45) is -1.20. The van der Waals surface area contributed by atoms with Crippen molar-refractivity contribution in [3.05, 3.63) is 27.7 Å². The number of alkyl carbamates (subject to hydrolysis) is 1. The predicted octanol–water partition coefficient (Wildman–Crippen LogP) is 3.61. The number of benzene rings is 1. The van der Waals surface area contributed by atoms with Gasteiger partial charge in [0, 0.05) is 15.6 Å². The summed E-state index contributed by atoms with van der Waals surface area (Å²) in [4.78, 5) is 35.3. The minimum absolute atomic E-state index is 0.0765. The van der Waals surface area contributed by atoms with E-state index in [0.717, 1.165) is 0 Å². The van der Waals surface area contributed by atoms with Crippen molar-refractivity contribution in [2.75, 3.05) is 6.54 Å². The van der Waals surface area contributed by atoms with E-state index < -0.39 is 48.0 Å². The van der Waals surface area contributed by atoms with Crippen LogP contribution in [-0.2, 0) is 19.7 Å². The van der Waals surface area contributed by atoms with Gasteiger partial charge in [0.2, 0.25) is 5.91 Å². The van der Waals surface area contributed by atoms with Crippen molar-refractivity contribution in [1.82, 2.24) is 10.6 Å². The summed E-state index contributed by atoms with van der Waals surface area (Å²) in [5, 5.41) is 24.9. The van der Waals surface area contributed by atoms with Gasteiger partial charge in [-0.2, -0.15) is 0 Å². The molecule has 0 aromatic heterocycles. The van der Waals surface area contributed by atoms with E-state index in [1.165, 1.54) is 0 Å². The highest BCUT2D eigenvalue weighted by Gasteiger charge is 2.27. The van der Waals surface area contributed by atoms with Gasteiger partial charge in [-0.25, -0.2) is 4.79 Å². The van der Waals surface area contributed by atoms with Gasteiger partial charge in [-0.05, 0) is 38.3 Å². The lowest BCUT2D eigenvalue weighted by Crippen LogP contribution is -2.41. The fourth-order valence-corrected chi connectivity index (χ4v) is 3.06. The average Bonchev–Trinajstić information content (AvgIpc) is 2.51. The van der Waals surface area contributed by atoms with Gasteiger partial charge in [0.25, 0.3) is 0 Å². The molecule has 4 N–H and O–H groups in total. The third-order valence-electron chi connectivity index (χ3n) is 3.79. The number of carboxylic acids is 1. The van der Waals surface area contributed by atoms with Crippen molar-refractivity contribution in [3.63, 3.8) is 0 Å².